The molecule has 0 radical (unpaired) electrons. The van der Waals surface area contributed by atoms with Crippen molar-refractivity contribution in [2.24, 2.45) is 4.99 Å². The van der Waals surface area contributed by atoms with Gasteiger partial charge in [0.2, 0.25) is 0 Å². The van der Waals surface area contributed by atoms with Gasteiger partial charge in [-0.15, -0.1) is 24.0 Å². The first-order valence-corrected chi connectivity index (χ1v) is 9.06. The molecule has 1 aliphatic rings. The smallest absolute Gasteiger partial charge is 0.191 e. The summed E-state index contributed by atoms with van der Waals surface area (Å²) in [6.45, 7) is 1.66. The quantitative estimate of drug-likeness (QED) is 0.293. The Morgan fingerprint density at radius 2 is 2.15 bits per heavy atom. The van der Waals surface area contributed by atoms with Gasteiger partial charge < -0.3 is 10.6 Å². The minimum absolute atomic E-state index is 0. The van der Waals surface area contributed by atoms with Gasteiger partial charge in [-0.05, 0) is 55.9 Å². The minimum atomic E-state index is 0. The van der Waals surface area contributed by atoms with E-state index >= 15 is 0 Å². The van der Waals surface area contributed by atoms with Crippen LogP contribution in [-0.2, 0) is 6.54 Å². The van der Waals surface area contributed by atoms with Gasteiger partial charge in [0.25, 0.3) is 0 Å². The van der Waals surface area contributed by atoms with E-state index in [2.05, 4.69) is 51.1 Å². The molecule has 1 aromatic heterocycles. The molecule has 1 heterocycles. The van der Waals surface area contributed by atoms with Gasteiger partial charge in [0.05, 0.1) is 5.69 Å². The van der Waals surface area contributed by atoms with E-state index in [1.54, 1.807) is 11.8 Å². The van der Waals surface area contributed by atoms with Crippen LogP contribution >= 0.6 is 24.0 Å². The van der Waals surface area contributed by atoms with E-state index in [1.807, 2.05) is 24.0 Å². The molecule has 0 bridgehead atoms. The Balaban J connectivity index is 0.00000243. The number of aliphatic imine (C=N–C) groups is 1. The van der Waals surface area contributed by atoms with Crippen molar-refractivity contribution in [3.8, 4) is 5.69 Å². The van der Waals surface area contributed by atoms with E-state index in [-0.39, 0.29) is 24.0 Å². The molecule has 0 saturated carbocycles. The van der Waals surface area contributed by atoms with Crippen molar-refractivity contribution >= 4 is 29.9 Å². The number of benzene rings is 1. The molecule has 0 unspecified atom stereocenters. The van der Waals surface area contributed by atoms with E-state index in [4.69, 9.17) is 0 Å². The normalized spacial score (nSPS) is 14.3. The van der Waals surface area contributed by atoms with Crippen molar-refractivity contribution in [1.29, 1.82) is 0 Å². The fourth-order valence-corrected chi connectivity index (χ4v) is 3.11. The summed E-state index contributed by atoms with van der Waals surface area (Å²) in [7, 11) is 1.81. The molecule has 0 amide bonds. The van der Waals surface area contributed by atoms with Crippen molar-refractivity contribution in [2.45, 2.75) is 38.6 Å². The lowest BCUT2D eigenvalue weighted by atomic mass is 9.97. The average molecular weight is 465 g/mol. The predicted molar refractivity (Wildman–Crippen MR) is 118 cm³/mol. The lowest BCUT2D eigenvalue weighted by molar-refractivity contribution is 0.665. The third-order valence-corrected chi connectivity index (χ3v) is 4.49. The van der Waals surface area contributed by atoms with Crippen LogP contribution in [0.5, 0.6) is 0 Å². The van der Waals surface area contributed by atoms with Gasteiger partial charge in [0, 0.05) is 32.5 Å². The number of nitrogens with zero attached hydrogens (tertiary/aromatic N) is 3. The number of nitrogens with one attached hydrogen (secondary N) is 2. The van der Waals surface area contributed by atoms with Crippen LogP contribution in [0.4, 0.5) is 0 Å². The largest absolute Gasteiger partial charge is 0.356 e. The molecule has 6 heteroatoms. The predicted octanol–water partition coefficient (Wildman–Crippen LogP) is 4.05. The van der Waals surface area contributed by atoms with E-state index in [9.17, 15) is 0 Å². The van der Waals surface area contributed by atoms with Crippen LogP contribution < -0.4 is 10.6 Å². The van der Waals surface area contributed by atoms with Crippen molar-refractivity contribution in [3.63, 3.8) is 0 Å². The second-order valence-electron chi connectivity index (χ2n) is 6.33. The van der Waals surface area contributed by atoms with Crippen molar-refractivity contribution in [1.82, 2.24) is 20.4 Å². The molecule has 0 saturated heterocycles. The third-order valence-electron chi connectivity index (χ3n) is 4.49. The number of guanidine groups is 1. The van der Waals surface area contributed by atoms with Gasteiger partial charge in [-0.2, -0.15) is 5.10 Å². The summed E-state index contributed by atoms with van der Waals surface area (Å²) in [4.78, 5) is 4.32. The summed E-state index contributed by atoms with van der Waals surface area (Å²) in [5, 5.41) is 11.1. The van der Waals surface area contributed by atoms with Crippen LogP contribution in [-0.4, -0.2) is 29.3 Å². The standard InChI is InChI=1S/C20H27N5.HI/c1-21-20(22-13-11-17-7-3-2-4-8-17)23-16-18-9-5-10-19(15-18)25-14-6-12-24-25;/h5-7,9-10,12,14-15H,2-4,8,11,13,16H2,1H3,(H2,21,22,23);1H. The number of hydrogen-bond donors (Lipinski definition) is 2. The monoisotopic (exact) mass is 465 g/mol. The van der Waals surface area contributed by atoms with E-state index in [0.717, 1.165) is 31.2 Å². The zero-order valence-corrected chi connectivity index (χ0v) is 17.6. The molecule has 0 atom stereocenters. The van der Waals surface area contributed by atoms with Gasteiger partial charge in [-0.25, -0.2) is 4.68 Å². The molecule has 3 rings (SSSR count). The zero-order valence-electron chi connectivity index (χ0n) is 15.3. The van der Waals surface area contributed by atoms with Gasteiger partial charge in [-0.3, -0.25) is 4.99 Å². The Morgan fingerprint density at radius 1 is 1.23 bits per heavy atom. The van der Waals surface area contributed by atoms with E-state index in [0.29, 0.717) is 0 Å². The number of hydrogen-bond acceptors (Lipinski definition) is 2. The molecule has 1 aromatic carbocycles. The SMILES string of the molecule is CN=C(NCCC1=CCCCC1)NCc1cccc(-n2cccn2)c1.I. The van der Waals surface area contributed by atoms with Crippen LogP contribution in [0.15, 0.2) is 59.4 Å². The molecule has 0 spiro atoms. The van der Waals surface area contributed by atoms with Crippen LogP contribution in [0.2, 0.25) is 0 Å². The molecule has 0 aliphatic heterocycles. The van der Waals surface area contributed by atoms with Crippen LogP contribution in [0.25, 0.3) is 5.69 Å². The molecular weight excluding hydrogens is 437 g/mol. The fourth-order valence-electron chi connectivity index (χ4n) is 3.11. The Bertz CT molecular complexity index is 722. The van der Waals surface area contributed by atoms with Crippen LogP contribution in [0.1, 0.15) is 37.7 Å². The zero-order chi connectivity index (χ0) is 17.3. The third kappa shape index (κ3) is 6.16. The molecule has 26 heavy (non-hydrogen) atoms. The average Bonchev–Trinajstić information content (AvgIpc) is 3.20. The summed E-state index contributed by atoms with van der Waals surface area (Å²) in [6, 6.07) is 10.3. The summed E-state index contributed by atoms with van der Waals surface area (Å²) in [5.74, 6) is 0.848. The van der Waals surface area contributed by atoms with Crippen molar-refractivity contribution in [2.75, 3.05) is 13.6 Å². The first kappa shape index (κ1) is 20.5. The first-order chi connectivity index (χ1) is 12.3. The fraction of sp³-hybridized carbons (Fsp3) is 0.400. The highest BCUT2D eigenvalue weighted by molar-refractivity contribution is 14.0. The summed E-state index contributed by atoms with van der Waals surface area (Å²) in [5.41, 5.74) is 3.85. The lowest BCUT2D eigenvalue weighted by Gasteiger charge is -2.15. The highest BCUT2D eigenvalue weighted by atomic mass is 127. The highest BCUT2D eigenvalue weighted by Crippen LogP contribution is 2.19. The van der Waals surface area contributed by atoms with Crippen molar-refractivity contribution in [3.05, 3.63) is 59.9 Å². The second kappa shape index (κ2) is 11.0. The second-order valence-corrected chi connectivity index (χ2v) is 6.33. The maximum atomic E-state index is 4.32. The number of aromatic nitrogens is 2. The van der Waals surface area contributed by atoms with E-state index < -0.39 is 0 Å². The minimum Gasteiger partial charge on any atom is -0.356 e. The van der Waals surface area contributed by atoms with Gasteiger partial charge >= 0.3 is 0 Å². The number of allylic oxidation sites excluding steroid dienone is 1. The molecule has 140 valence electrons. The summed E-state index contributed by atoms with van der Waals surface area (Å²) >= 11 is 0. The Labute approximate surface area is 173 Å². The van der Waals surface area contributed by atoms with Gasteiger partial charge in [0.1, 0.15) is 0 Å². The van der Waals surface area contributed by atoms with Crippen molar-refractivity contribution < 1.29 is 0 Å². The molecule has 2 N–H and O–H groups in total. The maximum absolute atomic E-state index is 4.32. The molecular formula is C20H28IN5. The molecule has 0 fully saturated rings. The Kier molecular flexibility index (Phi) is 8.67. The Morgan fingerprint density at radius 3 is 2.88 bits per heavy atom. The topological polar surface area (TPSA) is 54.2 Å². The Hall–Kier alpha value is -1.83. The van der Waals surface area contributed by atoms with Gasteiger partial charge in [-0.1, -0.05) is 23.8 Å². The highest BCUT2D eigenvalue weighted by Gasteiger charge is 2.04. The maximum Gasteiger partial charge on any atom is 0.191 e. The summed E-state index contributed by atoms with van der Waals surface area (Å²) in [6.07, 6.45) is 12.4. The molecule has 1 aliphatic carbocycles. The van der Waals surface area contributed by atoms with Gasteiger partial charge in [0.15, 0.2) is 5.96 Å². The lowest BCUT2D eigenvalue weighted by Crippen LogP contribution is -2.37. The summed E-state index contributed by atoms with van der Waals surface area (Å²) < 4.78 is 1.87. The molecule has 2 aromatic rings. The number of halogens is 1. The van der Waals surface area contributed by atoms with Crippen LogP contribution in [0, 0.1) is 0 Å². The van der Waals surface area contributed by atoms with Crippen LogP contribution in [0.3, 0.4) is 0 Å². The molecule has 5 nitrogen and oxygen atoms in total. The number of rotatable bonds is 6. The first-order valence-electron chi connectivity index (χ1n) is 9.06. The van der Waals surface area contributed by atoms with E-state index in [1.165, 1.54) is 31.2 Å².